The Bertz CT molecular complexity index is 510. The minimum atomic E-state index is 0.0414. The molecule has 0 saturated heterocycles. The van der Waals surface area contributed by atoms with Crippen molar-refractivity contribution >= 4 is 19.9 Å². The van der Waals surface area contributed by atoms with E-state index < -0.39 is 0 Å². The van der Waals surface area contributed by atoms with Gasteiger partial charge in [0, 0.05) is 0 Å². The average molecular weight is 311 g/mol. The van der Waals surface area contributed by atoms with E-state index in [9.17, 15) is 4.79 Å². The van der Waals surface area contributed by atoms with Gasteiger partial charge < -0.3 is 0 Å². The van der Waals surface area contributed by atoms with Crippen molar-refractivity contribution < 1.29 is 4.79 Å². The summed E-state index contributed by atoms with van der Waals surface area (Å²) in [6, 6.07) is 2.13. The van der Waals surface area contributed by atoms with Crippen molar-refractivity contribution in [3.8, 4) is 0 Å². The Labute approximate surface area is 145 Å². The van der Waals surface area contributed by atoms with Crippen LogP contribution in [0.4, 0.5) is 0 Å². The van der Waals surface area contributed by atoms with E-state index in [0.717, 1.165) is 32.1 Å². The molecule has 1 heterocycles. The number of carbonyl (C=O) groups is 1. The molecule has 1 aromatic rings. The second-order valence-electron chi connectivity index (χ2n) is 7.84. The summed E-state index contributed by atoms with van der Waals surface area (Å²) in [6.07, 6.45) is 6.06. The number of hydrogen-bond acceptors (Lipinski definition) is 1. The van der Waals surface area contributed by atoms with Crippen LogP contribution in [0.2, 0.25) is 5.31 Å². The Morgan fingerprint density at radius 3 is 2.35 bits per heavy atom. The Kier molecular flexibility index (Phi) is 7.77. The number of carbonyl (C=O) groups excluding carboxylic acids is 1. The standard InChI is InChI=1S/C20H33B2O/c1-7-11-19(4,5)17-15-21-13-10-16(17)14-18(23)22-20(6,9-3)12-8-2/h10,13,15H,7-9,11-12,14H2,1-6H3. The Balaban J connectivity index is 2.91. The molecule has 1 rings (SSSR count). The molecule has 1 unspecified atom stereocenters. The molecule has 1 atom stereocenters. The van der Waals surface area contributed by atoms with Gasteiger partial charge in [-0.25, -0.2) is 0 Å². The molecular formula is C20H33B2O. The summed E-state index contributed by atoms with van der Waals surface area (Å²) in [6.45, 7) is 15.5. The molecule has 23 heavy (non-hydrogen) atoms. The fourth-order valence-corrected chi connectivity index (χ4v) is 3.64. The zero-order valence-electron chi connectivity index (χ0n) is 16.0. The summed E-state index contributed by atoms with van der Waals surface area (Å²) < 4.78 is 0. The molecule has 0 N–H and O–H groups in total. The van der Waals surface area contributed by atoms with E-state index in [2.05, 4.69) is 66.4 Å². The topological polar surface area (TPSA) is 17.1 Å². The molecule has 0 aromatic carbocycles. The van der Waals surface area contributed by atoms with Gasteiger partial charge >= 0.3 is 145 Å². The van der Waals surface area contributed by atoms with E-state index in [1.807, 2.05) is 7.28 Å². The molecule has 1 aromatic heterocycles. The first-order valence-electron chi connectivity index (χ1n) is 9.25. The molecule has 0 fully saturated rings. The summed E-state index contributed by atoms with van der Waals surface area (Å²) in [4.78, 5) is 12.6. The summed E-state index contributed by atoms with van der Waals surface area (Å²) in [5, 5.41) is 0.0414. The molecule has 0 aliphatic heterocycles. The van der Waals surface area contributed by atoms with Gasteiger partial charge in [-0.3, -0.25) is 0 Å². The van der Waals surface area contributed by atoms with Crippen LogP contribution in [0.5, 0.6) is 0 Å². The van der Waals surface area contributed by atoms with Crippen molar-refractivity contribution in [3.05, 3.63) is 29.1 Å². The maximum atomic E-state index is 12.6. The number of rotatable bonds is 10. The minimum absolute atomic E-state index is 0.0414. The van der Waals surface area contributed by atoms with E-state index >= 15 is 0 Å². The first-order chi connectivity index (χ1) is 10.8. The van der Waals surface area contributed by atoms with Crippen LogP contribution < -0.4 is 0 Å². The van der Waals surface area contributed by atoms with Crippen LogP contribution in [-0.4, -0.2) is 19.9 Å². The van der Waals surface area contributed by atoms with Gasteiger partial charge in [0.1, 0.15) is 0 Å². The Morgan fingerprint density at radius 1 is 1.13 bits per heavy atom. The predicted molar refractivity (Wildman–Crippen MR) is 104 cm³/mol. The van der Waals surface area contributed by atoms with E-state index in [1.165, 1.54) is 11.1 Å². The van der Waals surface area contributed by atoms with E-state index in [1.54, 1.807) is 0 Å². The fraction of sp³-hybridized carbons (Fsp3) is 0.700. The summed E-state index contributed by atoms with van der Waals surface area (Å²) >= 11 is 0. The van der Waals surface area contributed by atoms with Gasteiger partial charge in [0.2, 0.25) is 0 Å². The van der Waals surface area contributed by atoms with Gasteiger partial charge in [0.15, 0.2) is 0 Å². The molecule has 0 aliphatic carbocycles. The molecule has 0 spiro atoms. The van der Waals surface area contributed by atoms with Gasteiger partial charge in [0.25, 0.3) is 0 Å². The third-order valence-electron chi connectivity index (χ3n) is 5.12. The Hall–Kier alpha value is -0.850. The van der Waals surface area contributed by atoms with Crippen LogP contribution in [0.15, 0.2) is 18.0 Å². The van der Waals surface area contributed by atoms with Crippen molar-refractivity contribution in [2.24, 2.45) is 0 Å². The second kappa shape index (κ2) is 8.85. The van der Waals surface area contributed by atoms with E-state index in [4.69, 9.17) is 0 Å². The predicted octanol–water partition coefficient (Wildman–Crippen LogP) is 5.26. The van der Waals surface area contributed by atoms with Gasteiger partial charge in [-0.2, -0.15) is 0 Å². The van der Waals surface area contributed by atoms with Crippen molar-refractivity contribution in [1.82, 2.24) is 0 Å². The molecule has 0 aliphatic rings. The quantitative estimate of drug-likeness (QED) is 0.538. The van der Waals surface area contributed by atoms with E-state index in [0.29, 0.717) is 6.42 Å². The van der Waals surface area contributed by atoms with Gasteiger partial charge in [-0.15, -0.1) is 0 Å². The van der Waals surface area contributed by atoms with Crippen molar-refractivity contribution in [2.75, 3.05) is 0 Å². The van der Waals surface area contributed by atoms with Crippen LogP contribution in [0.3, 0.4) is 0 Å². The van der Waals surface area contributed by atoms with Crippen molar-refractivity contribution in [2.45, 2.75) is 90.8 Å². The molecule has 125 valence electrons. The SMILES string of the molecule is CCCC(C)([B]C(=O)Cc1ccbcc1C(C)(C)CCC)CC. The van der Waals surface area contributed by atoms with Gasteiger partial charge in [-0.05, 0) is 0 Å². The van der Waals surface area contributed by atoms with Crippen molar-refractivity contribution in [1.29, 1.82) is 0 Å². The van der Waals surface area contributed by atoms with Crippen LogP contribution in [0.1, 0.15) is 84.8 Å². The van der Waals surface area contributed by atoms with Crippen molar-refractivity contribution in [3.63, 3.8) is 0 Å². The molecule has 0 amide bonds. The first kappa shape index (κ1) is 20.2. The maximum absolute atomic E-state index is 12.6. The molecule has 1 nitrogen and oxygen atoms in total. The van der Waals surface area contributed by atoms with Crippen LogP contribution in [-0.2, 0) is 16.6 Å². The zero-order chi connectivity index (χ0) is 17.5. The molecular weight excluding hydrogens is 278 g/mol. The fourth-order valence-electron chi connectivity index (χ4n) is 3.64. The monoisotopic (exact) mass is 311 g/mol. The zero-order valence-corrected chi connectivity index (χ0v) is 16.0. The number of hydrogen-bond donors (Lipinski definition) is 0. The van der Waals surface area contributed by atoms with Crippen LogP contribution >= 0.6 is 0 Å². The van der Waals surface area contributed by atoms with Crippen LogP contribution in [0, 0.1) is 0 Å². The second-order valence-corrected chi connectivity index (χ2v) is 7.84. The Morgan fingerprint density at radius 2 is 1.78 bits per heavy atom. The summed E-state index contributed by atoms with van der Waals surface area (Å²) in [5.74, 6) is 4.25. The summed E-state index contributed by atoms with van der Waals surface area (Å²) in [5.41, 5.74) is 2.92. The van der Waals surface area contributed by atoms with Crippen LogP contribution in [0.25, 0.3) is 0 Å². The van der Waals surface area contributed by atoms with Gasteiger partial charge in [0.05, 0.1) is 0 Å². The normalized spacial score (nSPS) is 14.2. The third kappa shape index (κ3) is 5.94. The molecule has 3 heteroatoms. The van der Waals surface area contributed by atoms with E-state index in [-0.39, 0.29) is 16.4 Å². The first-order valence-corrected chi connectivity index (χ1v) is 9.25. The molecule has 0 bridgehead atoms. The molecule has 0 saturated carbocycles. The average Bonchev–Trinajstić information content (AvgIpc) is 2.47. The van der Waals surface area contributed by atoms with Gasteiger partial charge in [-0.1, -0.05) is 0 Å². The summed E-state index contributed by atoms with van der Waals surface area (Å²) in [7, 11) is 1.99. The molecule has 1 radical (unpaired) electrons. The third-order valence-corrected chi connectivity index (χ3v) is 5.12.